The third-order valence-corrected chi connectivity index (χ3v) is 4.16. The summed E-state index contributed by atoms with van der Waals surface area (Å²) in [6, 6.07) is 14.4. The molecule has 0 fully saturated rings. The third kappa shape index (κ3) is 4.22. The summed E-state index contributed by atoms with van der Waals surface area (Å²) in [5, 5.41) is 0. The highest BCUT2D eigenvalue weighted by Crippen LogP contribution is 2.28. The molecule has 0 saturated carbocycles. The molecule has 0 aromatic heterocycles. The van der Waals surface area contributed by atoms with E-state index in [2.05, 4.69) is 0 Å². The SMILES string of the molecule is CCOc1ccc(-c2ccc(OCc3ccc(OC)c(F)c3F)cc2)cc1F. The van der Waals surface area contributed by atoms with E-state index in [0.717, 1.165) is 5.56 Å². The lowest BCUT2D eigenvalue weighted by atomic mass is 10.1. The Morgan fingerprint density at radius 2 is 1.43 bits per heavy atom. The van der Waals surface area contributed by atoms with Gasteiger partial charge in [0.05, 0.1) is 13.7 Å². The summed E-state index contributed by atoms with van der Waals surface area (Å²) in [5.74, 6) is -1.95. The first-order valence-electron chi connectivity index (χ1n) is 8.70. The van der Waals surface area contributed by atoms with E-state index in [9.17, 15) is 13.2 Å². The monoisotopic (exact) mass is 388 g/mol. The van der Waals surface area contributed by atoms with Gasteiger partial charge < -0.3 is 14.2 Å². The van der Waals surface area contributed by atoms with Crippen LogP contribution in [0.15, 0.2) is 54.6 Å². The second kappa shape index (κ2) is 8.69. The molecular formula is C22H19F3O3. The van der Waals surface area contributed by atoms with Crippen molar-refractivity contribution < 1.29 is 27.4 Å². The van der Waals surface area contributed by atoms with Crippen molar-refractivity contribution in [1.29, 1.82) is 0 Å². The van der Waals surface area contributed by atoms with E-state index in [-0.39, 0.29) is 23.7 Å². The van der Waals surface area contributed by atoms with Crippen LogP contribution in [0.1, 0.15) is 12.5 Å². The van der Waals surface area contributed by atoms with Gasteiger partial charge in [-0.25, -0.2) is 8.78 Å². The Morgan fingerprint density at radius 1 is 0.750 bits per heavy atom. The standard InChI is InChI=1S/C22H19F3O3/c1-3-27-19-10-6-15(12-18(19)23)14-4-8-17(9-5-14)28-13-16-7-11-20(26-2)22(25)21(16)24/h4-12H,3,13H2,1-2H3. The Balaban J connectivity index is 1.70. The summed E-state index contributed by atoms with van der Waals surface area (Å²) in [6.45, 7) is 2.04. The zero-order chi connectivity index (χ0) is 20.1. The molecule has 0 bridgehead atoms. The van der Waals surface area contributed by atoms with Gasteiger partial charge in [0.25, 0.3) is 0 Å². The fraction of sp³-hybridized carbons (Fsp3) is 0.182. The molecule has 0 atom stereocenters. The van der Waals surface area contributed by atoms with E-state index in [1.165, 1.54) is 25.3 Å². The van der Waals surface area contributed by atoms with Gasteiger partial charge in [0, 0.05) is 5.56 Å². The number of halogens is 3. The molecule has 3 nitrogen and oxygen atoms in total. The predicted molar refractivity (Wildman–Crippen MR) is 100 cm³/mol. The topological polar surface area (TPSA) is 27.7 Å². The van der Waals surface area contributed by atoms with Crippen LogP contribution in [0.2, 0.25) is 0 Å². The molecular weight excluding hydrogens is 369 g/mol. The molecule has 0 aliphatic carbocycles. The van der Waals surface area contributed by atoms with E-state index >= 15 is 0 Å². The smallest absolute Gasteiger partial charge is 0.201 e. The van der Waals surface area contributed by atoms with E-state index < -0.39 is 17.5 Å². The highest BCUT2D eigenvalue weighted by molar-refractivity contribution is 5.65. The van der Waals surface area contributed by atoms with Crippen LogP contribution in [0, 0.1) is 17.5 Å². The zero-order valence-electron chi connectivity index (χ0n) is 15.5. The maximum Gasteiger partial charge on any atom is 0.201 e. The lowest BCUT2D eigenvalue weighted by Gasteiger charge is -2.11. The Labute approximate surface area is 161 Å². The summed E-state index contributed by atoms with van der Waals surface area (Å²) in [6.07, 6.45) is 0. The average molecular weight is 388 g/mol. The van der Waals surface area contributed by atoms with Crippen LogP contribution in [0.25, 0.3) is 11.1 Å². The Bertz CT molecular complexity index is 956. The highest BCUT2D eigenvalue weighted by atomic mass is 19.2. The minimum atomic E-state index is -1.04. The van der Waals surface area contributed by atoms with Crippen LogP contribution in [-0.4, -0.2) is 13.7 Å². The number of ether oxygens (including phenoxy) is 3. The van der Waals surface area contributed by atoms with Gasteiger partial charge in [0.2, 0.25) is 5.82 Å². The molecule has 0 N–H and O–H groups in total. The number of benzene rings is 3. The summed E-state index contributed by atoms with van der Waals surface area (Å²) in [5.41, 5.74) is 1.56. The fourth-order valence-electron chi connectivity index (χ4n) is 2.70. The summed E-state index contributed by atoms with van der Waals surface area (Å²) in [4.78, 5) is 0. The summed E-state index contributed by atoms with van der Waals surface area (Å²) in [7, 11) is 1.27. The van der Waals surface area contributed by atoms with Crippen molar-refractivity contribution in [1.82, 2.24) is 0 Å². The second-order valence-corrected chi connectivity index (χ2v) is 5.95. The molecule has 0 saturated heterocycles. The maximum absolute atomic E-state index is 14.0. The molecule has 6 heteroatoms. The Kier molecular flexibility index (Phi) is 6.09. The first kappa shape index (κ1) is 19.6. The van der Waals surface area contributed by atoms with Crippen LogP contribution in [0.3, 0.4) is 0 Å². The van der Waals surface area contributed by atoms with Crippen molar-refractivity contribution in [3.63, 3.8) is 0 Å². The number of methoxy groups -OCH3 is 1. The number of rotatable bonds is 7. The lowest BCUT2D eigenvalue weighted by Crippen LogP contribution is -2.02. The fourth-order valence-corrected chi connectivity index (χ4v) is 2.70. The van der Waals surface area contributed by atoms with Crippen molar-refractivity contribution >= 4 is 0 Å². The Hall–Kier alpha value is -3.15. The molecule has 3 rings (SSSR count). The molecule has 0 aliphatic heterocycles. The first-order valence-corrected chi connectivity index (χ1v) is 8.70. The van der Waals surface area contributed by atoms with E-state index in [4.69, 9.17) is 14.2 Å². The molecule has 28 heavy (non-hydrogen) atoms. The van der Waals surface area contributed by atoms with Crippen molar-refractivity contribution in [2.24, 2.45) is 0 Å². The zero-order valence-corrected chi connectivity index (χ0v) is 15.5. The quantitative estimate of drug-likeness (QED) is 0.515. The van der Waals surface area contributed by atoms with Gasteiger partial charge in [-0.3, -0.25) is 0 Å². The molecule has 3 aromatic rings. The van der Waals surface area contributed by atoms with E-state index in [0.29, 0.717) is 17.9 Å². The summed E-state index contributed by atoms with van der Waals surface area (Å²) < 4.78 is 57.2. The van der Waals surface area contributed by atoms with Crippen molar-refractivity contribution in [3.8, 4) is 28.4 Å². The van der Waals surface area contributed by atoms with Crippen LogP contribution < -0.4 is 14.2 Å². The van der Waals surface area contributed by atoms with Gasteiger partial charge in [-0.05, 0) is 54.4 Å². The van der Waals surface area contributed by atoms with Gasteiger partial charge in [-0.2, -0.15) is 4.39 Å². The molecule has 0 radical (unpaired) electrons. The van der Waals surface area contributed by atoms with Gasteiger partial charge >= 0.3 is 0 Å². The van der Waals surface area contributed by atoms with Crippen LogP contribution in [-0.2, 0) is 6.61 Å². The molecule has 146 valence electrons. The normalized spacial score (nSPS) is 10.6. The van der Waals surface area contributed by atoms with Gasteiger partial charge in [-0.15, -0.1) is 0 Å². The van der Waals surface area contributed by atoms with Crippen molar-refractivity contribution in [3.05, 3.63) is 77.6 Å². The molecule has 0 spiro atoms. The molecule has 0 amide bonds. The van der Waals surface area contributed by atoms with Crippen LogP contribution >= 0.6 is 0 Å². The second-order valence-electron chi connectivity index (χ2n) is 5.95. The predicted octanol–water partition coefficient (Wildman–Crippen LogP) is 5.76. The van der Waals surface area contributed by atoms with Crippen LogP contribution in [0.4, 0.5) is 13.2 Å². The van der Waals surface area contributed by atoms with Gasteiger partial charge in [0.1, 0.15) is 12.4 Å². The third-order valence-electron chi connectivity index (χ3n) is 4.16. The highest BCUT2D eigenvalue weighted by Gasteiger charge is 2.14. The average Bonchev–Trinajstić information content (AvgIpc) is 2.71. The maximum atomic E-state index is 14.0. The lowest BCUT2D eigenvalue weighted by molar-refractivity contribution is 0.294. The van der Waals surface area contributed by atoms with E-state index in [1.807, 2.05) is 0 Å². The molecule has 0 aliphatic rings. The van der Waals surface area contributed by atoms with E-state index in [1.54, 1.807) is 43.3 Å². The largest absolute Gasteiger partial charge is 0.494 e. The molecule has 0 heterocycles. The van der Waals surface area contributed by atoms with Crippen molar-refractivity contribution in [2.45, 2.75) is 13.5 Å². The summed E-state index contributed by atoms with van der Waals surface area (Å²) >= 11 is 0. The minimum Gasteiger partial charge on any atom is -0.494 e. The Morgan fingerprint density at radius 3 is 2.07 bits per heavy atom. The number of hydrogen-bond acceptors (Lipinski definition) is 3. The van der Waals surface area contributed by atoms with Gasteiger partial charge in [0.15, 0.2) is 23.1 Å². The molecule has 0 unspecified atom stereocenters. The van der Waals surface area contributed by atoms with Crippen LogP contribution in [0.5, 0.6) is 17.2 Å². The van der Waals surface area contributed by atoms with Crippen molar-refractivity contribution in [2.75, 3.05) is 13.7 Å². The minimum absolute atomic E-state index is 0.0796. The molecule has 3 aromatic carbocycles. The number of hydrogen-bond donors (Lipinski definition) is 0. The van der Waals surface area contributed by atoms with Gasteiger partial charge in [-0.1, -0.05) is 18.2 Å². The first-order chi connectivity index (χ1) is 13.5.